The van der Waals surface area contributed by atoms with Crippen LogP contribution >= 0.6 is 0 Å². The topological polar surface area (TPSA) is 121 Å². The first-order valence-electron chi connectivity index (χ1n) is 18.2. The Bertz CT molecular complexity index is 1890. The Balaban J connectivity index is 0.000000341. The van der Waals surface area contributed by atoms with Gasteiger partial charge in [-0.2, -0.15) is 0 Å². The molecule has 1 N–H and O–H groups in total. The first-order chi connectivity index (χ1) is 27.0. The summed E-state index contributed by atoms with van der Waals surface area (Å²) in [6.45, 7) is 26.9. The van der Waals surface area contributed by atoms with E-state index in [4.69, 9.17) is 22.6 Å². The van der Waals surface area contributed by atoms with Gasteiger partial charge < -0.3 is 46.3 Å². The zero-order valence-corrected chi connectivity index (χ0v) is 35.4. The molecule has 0 amide bonds. The second kappa shape index (κ2) is 23.9. The number of hydrogen-bond donors (Lipinski definition) is 1. The Kier molecular flexibility index (Phi) is 19.8. The minimum absolute atomic E-state index is 0. The number of ether oxygens (including phenoxy) is 3. The maximum absolute atomic E-state index is 11.5. The van der Waals surface area contributed by atoms with Crippen LogP contribution in [-0.2, 0) is 39.4 Å². The predicted octanol–water partition coefficient (Wildman–Crippen LogP) is 7.73. The van der Waals surface area contributed by atoms with Crippen molar-refractivity contribution in [1.29, 1.82) is 0 Å². The molecule has 0 saturated carbocycles. The summed E-state index contributed by atoms with van der Waals surface area (Å²) in [5.41, 5.74) is 7.36. The number of methoxy groups -OCH3 is 2. The number of nitrogens with zero attached hydrogens (tertiary/aromatic N) is 6. The molecule has 13 nitrogen and oxygen atoms in total. The Morgan fingerprint density at radius 2 is 0.966 bits per heavy atom. The Morgan fingerprint density at radius 1 is 0.621 bits per heavy atom. The number of phenols is 1. The third kappa shape index (κ3) is 13.3. The summed E-state index contributed by atoms with van der Waals surface area (Å²) in [6.07, 6.45) is 0. The van der Waals surface area contributed by atoms with Gasteiger partial charge in [-0.05, 0) is 98.3 Å². The molecule has 0 spiro atoms. The summed E-state index contributed by atoms with van der Waals surface area (Å²) in [5.74, 6) is -0.841. The minimum atomic E-state index is -0.334. The van der Waals surface area contributed by atoms with Crippen LogP contribution in [0.2, 0.25) is 0 Å². The van der Waals surface area contributed by atoms with Crippen molar-refractivity contribution in [2.45, 2.75) is 20.8 Å². The van der Waals surface area contributed by atoms with Crippen molar-refractivity contribution in [2.75, 3.05) is 92.8 Å². The molecule has 0 atom stereocenters. The van der Waals surface area contributed by atoms with Gasteiger partial charge in [0, 0.05) is 102 Å². The molecule has 58 heavy (non-hydrogen) atoms. The Hall–Kier alpha value is -6.07. The second-order valence-electron chi connectivity index (χ2n) is 12.8. The molecule has 310 valence electrons. The normalized spacial score (nSPS) is 12.9. The van der Waals surface area contributed by atoms with E-state index in [1.54, 1.807) is 43.3 Å². The van der Waals surface area contributed by atoms with Gasteiger partial charge in [0.05, 0.1) is 45.1 Å². The van der Waals surface area contributed by atoms with E-state index in [0.717, 1.165) is 86.4 Å². The fourth-order valence-corrected chi connectivity index (χ4v) is 6.21. The SMILES string of the molecule is CCOC(C)=O.[C-]#[N+]c1cc(N2CCN(c3ccc(C(=O)OC)cc3)CC2)ccc1C.[C-]#[N+]c1cc(N2CCN(c3ccc(C(=O)OC)cc3)CC2)ccc1O.[CH3-].[Pd]. The van der Waals surface area contributed by atoms with Crippen molar-refractivity contribution in [3.8, 4) is 5.75 Å². The van der Waals surface area contributed by atoms with Crippen molar-refractivity contribution < 1.29 is 54.1 Å². The molecule has 6 rings (SSSR count). The number of anilines is 4. The van der Waals surface area contributed by atoms with Crippen molar-refractivity contribution in [2.24, 2.45) is 0 Å². The number of rotatable bonds is 7. The molecule has 2 aliphatic heterocycles. The molecule has 4 aromatic carbocycles. The molecule has 2 heterocycles. The van der Waals surface area contributed by atoms with E-state index < -0.39 is 0 Å². The van der Waals surface area contributed by atoms with Crippen molar-refractivity contribution in [3.63, 3.8) is 0 Å². The molecule has 0 bridgehead atoms. The third-order valence-corrected chi connectivity index (χ3v) is 9.34. The fourth-order valence-electron chi connectivity index (χ4n) is 6.21. The molecule has 14 heteroatoms. The van der Waals surface area contributed by atoms with E-state index in [9.17, 15) is 19.5 Å². The number of aromatic hydroxyl groups is 1. The van der Waals surface area contributed by atoms with Crippen molar-refractivity contribution >= 4 is 52.0 Å². The number of esters is 3. The molecule has 0 radical (unpaired) electrons. The summed E-state index contributed by atoms with van der Waals surface area (Å²) in [7, 11) is 2.76. The van der Waals surface area contributed by atoms with Crippen LogP contribution in [0.1, 0.15) is 40.1 Å². The van der Waals surface area contributed by atoms with E-state index in [-0.39, 0.29) is 57.2 Å². The number of carbonyl (C=O) groups excluding carboxylic acids is 3. The molecule has 2 aliphatic rings. The number of carbonyl (C=O) groups is 3. The van der Waals surface area contributed by atoms with E-state index in [0.29, 0.717) is 17.7 Å². The fraction of sp³-hybridized carbons (Fsp3) is 0.318. The molecule has 2 fully saturated rings. The largest absolute Gasteiger partial charge is 0.519 e. The van der Waals surface area contributed by atoms with E-state index in [1.807, 2.05) is 49.4 Å². The average molecular weight is 882 g/mol. The maximum Gasteiger partial charge on any atom is 0.337 e. The molecule has 0 aromatic heterocycles. The van der Waals surface area contributed by atoms with Gasteiger partial charge in [0.25, 0.3) is 0 Å². The minimum Gasteiger partial charge on any atom is -0.519 e. The Labute approximate surface area is 356 Å². The summed E-state index contributed by atoms with van der Waals surface area (Å²) >= 11 is 0. The zero-order chi connectivity index (χ0) is 40.6. The summed E-state index contributed by atoms with van der Waals surface area (Å²) < 4.78 is 13.8. The van der Waals surface area contributed by atoms with Gasteiger partial charge in [-0.25, -0.2) is 19.3 Å². The summed E-state index contributed by atoms with van der Waals surface area (Å²) in [6, 6.07) is 26.1. The number of piperazine rings is 2. The summed E-state index contributed by atoms with van der Waals surface area (Å²) in [4.78, 5) is 48.8. The molecule has 0 unspecified atom stereocenters. The van der Waals surface area contributed by atoms with Gasteiger partial charge in [-0.1, -0.05) is 6.07 Å². The van der Waals surface area contributed by atoms with Crippen LogP contribution in [0.15, 0.2) is 84.9 Å². The quantitative estimate of drug-likeness (QED) is 0.0850. The molecular formula is C44H51N6O7Pd-. The summed E-state index contributed by atoms with van der Waals surface area (Å²) in [5, 5.41) is 9.63. The standard InChI is InChI=1S/C20H21N3O2.C19H19N3O3.C4H8O2.CH3.Pd/c1-15-4-7-18(14-19(15)21-2)23-12-10-22(11-13-23)17-8-5-16(6-9-17)20(24)25-3;1-20-17-13-16(7-8-18(17)23)22-11-9-21(10-12-22)15-5-3-14(4-6-15)19(24)25-2;1-3-6-4(2)5;;/h4-9,14H,10-13H2,1,3H3;3-8,13,23H,9-12H2,2H3;3H2,1-2H3;1H3;/q;;;-1;. The van der Waals surface area contributed by atoms with Crippen molar-refractivity contribution in [1.82, 2.24) is 0 Å². The molecule has 4 aromatic rings. The second-order valence-corrected chi connectivity index (χ2v) is 12.8. The van der Waals surface area contributed by atoms with Crippen molar-refractivity contribution in [3.05, 3.63) is 132 Å². The number of aryl methyl sites for hydroxylation is 1. The van der Waals surface area contributed by atoms with Gasteiger partial charge in [-0.3, -0.25) is 4.79 Å². The van der Waals surface area contributed by atoms with Crippen LogP contribution in [0.5, 0.6) is 5.75 Å². The number of benzene rings is 4. The predicted molar refractivity (Wildman–Crippen MR) is 225 cm³/mol. The van der Waals surface area contributed by atoms with Crippen LogP contribution in [-0.4, -0.2) is 96.2 Å². The van der Waals surface area contributed by atoms with Crippen LogP contribution in [0.25, 0.3) is 9.69 Å². The van der Waals surface area contributed by atoms with Crippen LogP contribution in [0.3, 0.4) is 0 Å². The Morgan fingerprint density at radius 3 is 1.29 bits per heavy atom. The zero-order valence-electron chi connectivity index (χ0n) is 33.8. The molecule has 0 aliphatic carbocycles. The smallest absolute Gasteiger partial charge is 0.337 e. The molecule has 2 saturated heterocycles. The van der Waals surface area contributed by atoms with Gasteiger partial charge in [0.1, 0.15) is 5.75 Å². The van der Waals surface area contributed by atoms with E-state index in [1.165, 1.54) is 21.1 Å². The van der Waals surface area contributed by atoms with Crippen LogP contribution in [0, 0.1) is 27.5 Å². The van der Waals surface area contributed by atoms with E-state index >= 15 is 0 Å². The monoisotopic (exact) mass is 881 g/mol. The first kappa shape index (κ1) is 48.1. The van der Waals surface area contributed by atoms with Gasteiger partial charge in [-0.15, -0.1) is 0 Å². The number of phenolic OH excluding ortho intramolecular Hbond substituents is 1. The average Bonchev–Trinajstić information content (AvgIpc) is 3.24. The van der Waals surface area contributed by atoms with Gasteiger partial charge in [0.2, 0.25) is 5.69 Å². The maximum atomic E-state index is 11.5. The van der Waals surface area contributed by atoms with E-state index in [2.05, 4.69) is 40.1 Å². The first-order valence-corrected chi connectivity index (χ1v) is 18.2. The van der Waals surface area contributed by atoms with Crippen LogP contribution < -0.4 is 19.6 Å². The van der Waals surface area contributed by atoms with Crippen LogP contribution in [0.4, 0.5) is 34.1 Å². The third-order valence-electron chi connectivity index (χ3n) is 9.34. The van der Waals surface area contributed by atoms with Gasteiger partial charge in [0.15, 0.2) is 5.69 Å². The molecular weight excluding hydrogens is 831 g/mol. The number of hydrogen-bond acceptors (Lipinski definition) is 11. The van der Waals surface area contributed by atoms with Gasteiger partial charge >= 0.3 is 17.9 Å².